The second kappa shape index (κ2) is 12.2. The van der Waals surface area contributed by atoms with Crippen LogP contribution in [0.1, 0.15) is 47.2 Å². The molecule has 2 aromatic carbocycles. The molecule has 0 atom stereocenters. The van der Waals surface area contributed by atoms with Crippen LogP contribution in [0.5, 0.6) is 5.75 Å². The van der Waals surface area contributed by atoms with Gasteiger partial charge in [-0.05, 0) is 73.5 Å². The number of rotatable bonds is 10. The Morgan fingerprint density at radius 2 is 1.66 bits per heavy atom. The molecule has 0 saturated carbocycles. The summed E-state index contributed by atoms with van der Waals surface area (Å²) in [4.78, 5) is 37.6. The number of esters is 1. The van der Waals surface area contributed by atoms with Gasteiger partial charge in [-0.2, -0.15) is 0 Å². The number of anilines is 1. The number of hydrogen-bond acceptors (Lipinski definition) is 6. The van der Waals surface area contributed by atoms with Gasteiger partial charge in [0, 0.05) is 17.3 Å². The van der Waals surface area contributed by atoms with Crippen LogP contribution in [0.3, 0.4) is 0 Å². The van der Waals surface area contributed by atoms with Crippen molar-refractivity contribution in [1.82, 2.24) is 5.32 Å². The van der Waals surface area contributed by atoms with E-state index in [1.165, 1.54) is 12.3 Å². The third kappa shape index (κ3) is 7.60. The van der Waals surface area contributed by atoms with Crippen molar-refractivity contribution in [2.45, 2.75) is 20.8 Å². The van der Waals surface area contributed by atoms with Gasteiger partial charge in [-0.25, -0.2) is 4.79 Å². The van der Waals surface area contributed by atoms with E-state index in [0.29, 0.717) is 40.8 Å². The van der Waals surface area contributed by atoms with Crippen molar-refractivity contribution < 1.29 is 28.3 Å². The minimum atomic E-state index is -0.560. The standard InChI is InChI=1S/C27H28N2O6/c1-4-33-27(32)20-7-11-21(12-8-20)28-26(31)24(16-23-6-5-15-34-23)29-25(30)19-9-13-22(14-10-19)35-17-18(2)3/h5-16,18H,4,17H2,1-3H3,(H,28,31)(H,29,30)/b24-16-. The molecule has 1 aromatic heterocycles. The van der Waals surface area contributed by atoms with Gasteiger partial charge in [0.25, 0.3) is 11.8 Å². The second-order valence-electron chi connectivity index (χ2n) is 8.01. The van der Waals surface area contributed by atoms with Crippen LogP contribution in [0.15, 0.2) is 77.0 Å². The van der Waals surface area contributed by atoms with E-state index >= 15 is 0 Å². The SMILES string of the molecule is CCOC(=O)c1ccc(NC(=O)/C(=C/c2ccco2)NC(=O)c2ccc(OCC(C)C)cc2)cc1. The highest BCUT2D eigenvalue weighted by molar-refractivity contribution is 6.10. The summed E-state index contributed by atoms with van der Waals surface area (Å²) in [5.41, 5.74) is 1.15. The van der Waals surface area contributed by atoms with Crippen molar-refractivity contribution in [3.8, 4) is 5.75 Å². The lowest BCUT2D eigenvalue weighted by atomic mass is 10.2. The Hall–Kier alpha value is -4.33. The average molecular weight is 477 g/mol. The van der Waals surface area contributed by atoms with Crippen LogP contribution >= 0.6 is 0 Å². The highest BCUT2D eigenvalue weighted by atomic mass is 16.5. The van der Waals surface area contributed by atoms with Crippen LogP contribution in [0.2, 0.25) is 0 Å². The van der Waals surface area contributed by atoms with Gasteiger partial charge >= 0.3 is 5.97 Å². The molecule has 3 rings (SSSR count). The predicted octanol–water partition coefficient (Wildman–Crippen LogP) is 4.90. The van der Waals surface area contributed by atoms with E-state index in [2.05, 4.69) is 24.5 Å². The summed E-state index contributed by atoms with van der Waals surface area (Å²) in [5.74, 6) is -0.0403. The zero-order valence-corrected chi connectivity index (χ0v) is 19.9. The van der Waals surface area contributed by atoms with Crippen LogP contribution in [0.4, 0.5) is 5.69 Å². The lowest BCUT2D eigenvalue weighted by Gasteiger charge is -2.12. The first kappa shape index (κ1) is 25.3. The first-order valence-corrected chi connectivity index (χ1v) is 11.2. The molecule has 8 nitrogen and oxygen atoms in total. The Labute approximate surface area is 203 Å². The molecule has 0 aliphatic carbocycles. The Balaban J connectivity index is 1.73. The first-order chi connectivity index (χ1) is 16.9. The van der Waals surface area contributed by atoms with Gasteiger partial charge < -0.3 is 24.5 Å². The van der Waals surface area contributed by atoms with Crippen LogP contribution in [0.25, 0.3) is 6.08 Å². The summed E-state index contributed by atoms with van der Waals surface area (Å²) < 4.78 is 15.9. The number of ether oxygens (including phenoxy) is 2. The Bertz CT molecular complexity index is 1160. The molecular weight excluding hydrogens is 448 g/mol. The maximum Gasteiger partial charge on any atom is 0.338 e. The summed E-state index contributed by atoms with van der Waals surface area (Å²) in [5, 5.41) is 5.35. The minimum Gasteiger partial charge on any atom is -0.493 e. The summed E-state index contributed by atoms with van der Waals surface area (Å²) in [6.07, 6.45) is 2.90. The van der Waals surface area contributed by atoms with Gasteiger partial charge in [0.05, 0.1) is 25.0 Å². The molecule has 0 aliphatic rings. The summed E-state index contributed by atoms with van der Waals surface area (Å²) in [6.45, 7) is 6.67. The van der Waals surface area contributed by atoms with Crippen molar-refractivity contribution in [3.63, 3.8) is 0 Å². The quantitative estimate of drug-likeness (QED) is 0.318. The number of amides is 2. The van der Waals surface area contributed by atoms with E-state index in [4.69, 9.17) is 13.9 Å². The fourth-order valence-corrected chi connectivity index (χ4v) is 2.94. The molecule has 0 saturated heterocycles. The molecule has 35 heavy (non-hydrogen) atoms. The summed E-state index contributed by atoms with van der Waals surface area (Å²) >= 11 is 0. The van der Waals surface area contributed by atoms with E-state index in [0.717, 1.165) is 0 Å². The second-order valence-corrected chi connectivity index (χ2v) is 8.01. The number of benzene rings is 2. The molecule has 8 heteroatoms. The maximum absolute atomic E-state index is 13.0. The average Bonchev–Trinajstić information content (AvgIpc) is 3.36. The van der Waals surface area contributed by atoms with Gasteiger partial charge in [-0.15, -0.1) is 0 Å². The van der Waals surface area contributed by atoms with Crippen LogP contribution < -0.4 is 15.4 Å². The molecule has 0 spiro atoms. The maximum atomic E-state index is 13.0. The lowest BCUT2D eigenvalue weighted by Crippen LogP contribution is -2.30. The van der Waals surface area contributed by atoms with Crippen LogP contribution in [0, 0.1) is 5.92 Å². The van der Waals surface area contributed by atoms with E-state index < -0.39 is 17.8 Å². The molecule has 0 bridgehead atoms. The highest BCUT2D eigenvalue weighted by Crippen LogP contribution is 2.16. The Morgan fingerprint density at radius 1 is 0.971 bits per heavy atom. The van der Waals surface area contributed by atoms with Crippen molar-refractivity contribution in [2.24, 2.45) is 5.92 Å². The number of furan rings is 1. The van der Waals surface area contributed by atoms with Gasteiger partial charge in [0.15, 0.2) is 0 Å². The summed E-state index contributed by atoms with van der Waals surface area (Å²) in [7, 11) is 0. The number of hydrogen-bond donors (Lipinski definition) is 2. The predicted molar refractivity (Wildman–Crippen MR) is 132 cm³/mol. The molecule has 182 valence electrons. The number of carbonyl (C=O) groups is 3. The van der Waals surface area contributed by atoms with E-state index in [-0.39, 0.29) is 12.3 Å². The first-order valence-electron chi connectivity index (χ1n) is 11.2. The van der Waals surface area contributed by atoms with Gasteiger partial charge in [0.2, 0.25) is 0 Å². The largest absolute Gasteiger partial charge is 0.493 e. The molecule has 0 unspecified atom stereocenters. The zero-order valence-electron chi connectivity index (χ0n) is 19.9. The molecule has 2 amide bonds. The fourth-order valence-electron chi connectivity index (χ4n) is 2.94. The monoisotopic (exact) mass is 476 g/mol. The van der Waals surface area contributed by atoms with Crippen molar-refractivity contribution >= 4 is 29.5 Å². The van der Waals surface area contributed by atoms with E-state index in [9.17, 15) is 14.4 Å². The van der Waals surface area contributed by atoms with E-state index in [1.807, 2.05) is 0 Å². The lowest BCUT2D eigenvalue weighted by molar-refractivity contribution is -0.113. The molecule has 3 aromatic rings. The fraction of sp³-hybridized carbons (Fsp3) is 0.222. The molecule has 0 fully saturated rings. The minimum absolute atomic E-state index is 0.0143. The molecule has 1 heterocycles. The number of nitrogens with one attached hydrogen (secondary N) is 2. The third-order valence-corrected chi connectivity index (χ3v) is 4.68. The van der Waals surface area contributed by atoms with Crippen LogP contribution in [-0.4, -0.2) is 31.0 Å². The molecule has 0 radical (unpaired) electrons. The van der Waals surface area contributed by atoms with Gasteiger partial charge in [-0.3, -0.25) is 9.59 Å². The van der Waals surface area contributed by atoms with Crippen molar-refractivity contribution in [1.29, 1.82) is 0 Å². The van der Waals surface area contributed by atoms with Gasteiger partial charge in [-0.1, -0.05) is 13.8 Å². The molecule has 2 N–H and O–H groups in total. The smallest absolute Gasteiger partial charge is 0.338 e. The topological polar surface area (TPSA) is 107 Å². The van der Waals surface area contributed by atoms with Crippen LogP contribution in [-0.2, 0) is 9.53 Å². The molecular formula is C27H28N2O6. The summed E-state index contributed by atoms with van der Waals surface area (Å²) in [6, 6.07) is 16.2. The van der Waals surface area contributed by atoms with Gasteiger partial charge in [0.1, 0.15) is 17.2 Å². The van der Waals surface area contributed by atoms with E-state index in [1.54, 1.807) is 67.6 Å². The third-order valence-electron chi connectivity index (χ3n) is 4.68. The zero-order chi connectivity index (χ0) is 25.2. The highest BCUT2D eigenvalue weighted by Gasteiger charge is 2.16. The van der Waals surface area contributed by atoms with Crippen molar-refractivity contribution in [2.75, 3.05) is 18.5 Å². The Kier molecular flexibility index (Phi) is 8.83. The Morgan fingerprint density at radius 3 is 2.26 bits per heavy atom. The molecule has 0 aliphatic heterocycles. The van der Waals surface area contributed by atoms with Crippen molar-refractivity contribution in [3.05, 3.63) is 89.5 Å². The number of carbonyl (C=O) groups excluding carboxylic acids is 3. The normalized spacial score (nSPS) is 11.1.